The van der Waals surface area contributed by atoms with Crippen LogP contribution in [-0.2, 0) is 20.7 Å². The fourth-order valence-corrected chi connectivity index (χ4v) is 4.09. The largest absolute Gasteiger partial charge is 0.381 e. The van der Waals surface area contributed by atoms with Gasteiger partial charge in [-0.3, -0.25) is 9.79 Å². The highest BCUT2D eigenvalue weighted by Crippen LogP contribution is 2.24. The first-order valence-electron chi connectivity index (χ1n) is 11.1. The van der Waals surface area contributed by atoms with E-state index in [0.717, 1.165) is 64.6 Å². The van der Waals surface area contributed by atoms with Gasteiger partial charge in [0.05, 0.1) is 12.1 Å². The Morgan fingerprint density at radius 3 is 2.73 bits per heavy atom. The van der Waals surface area contributed by atoms with Crippen LogP contribution in [0.25, 0.3) is 0 Å². The number of likely N-dealkylation sites (tertiary alicyclic amines) is 1. The summed E-state index contributed by atoms with van der Waals surface area (Å²) in [4.78, 5) is 19.2. The second-order valence-corrected chi connectivity index (χ2v) is 8.22. The first-order valence-corrected chi connectivity index (χ1v) is 11.1. The average Bonchev–Trinajstić information content (AvgIpc) is 3.15. The van der Waals surface area contributed by atoms with Crippen LogP contribution in [0, 0.1) is 5.92 Å². The van der Waals surface area contributed by atoms with E-state index in [1.807, 2.05) is 23.1 Å². The highest BCUT2D eigenvalue weighted by molar-refractivity contribution is 5.81. The Balaban J connectivity index is 1.47. The van der Waals surface area contributed by atoms with Crippen molar-refractivity contribution in [2.24, 2.45) is 10.9 Å². The summed E-state index contributed by atoms with van der Waals surface area (Å²) in [7, 11) is 1.76. The zero-order valence-electron chi connectivity index (χ0n) is 18.4. The van der Waals surface area contributed by atoms with E-state index >= 15 is 0 Å². The van der Waals surface area contributed by atoms with Gasteiger partial charge in [0, 0.05) is 71.7 Å². The molecule has 3 rings (SSSR count). The Labute approximate surface area is 180 Å². The summed E-state index contributed by atoms with van der Waals surface area (Å²) >= 11 is 0. The van der Waals surface area contributed by atoms with E-state index in [2.05, 4.69) is 29.7 Å². The maximum Gasteiger partial charge on any atom is 0.223 e. The first-order chi connectivity index (χ1) is 14.6. The summed E-state index contributed by atoms with van der Waals surface area (Å²) in [6.45, 7) is 7.22. The quantitative estimate of drug-likeness (QED) is 0.475. The molecule has 30 heavy (non-hydrogen) atoms. The van der Waals surface area contributed by atoms with Crippen molar-refractivity contribution in [3.63, 3.8) is 0 Å². The average molecular weight is 417 g/mol. The van der Waals surface area contributed by atoms with Crippen LogP contribution in [0.5, 0.6) is 0 Å². The molecule has 2 aliphatic rings. The third-order valence-electron chi connectivity index (χ3n) is 6.07. The summed E-state index contributed by atoms with van der Waals surface area (Å²) in [6, 6.07) is 10.3. The minimum absolute atomic E-state index is 0.238. The fraction of sp³-hybridized carbons (Fsp3) is 0.652. The Morgan fingerprint density at radius 2 is 2.03 bits per heavy atom. The topological polar surface area (TPSA) is 75.2 Å². The van der Waals surface area contributed by atoms with Gasteiger partial charge in [0.15, 0.2) is 5.96 Å². The van der Waals surface area contributed by atoms with E-state index in [0.29, 0.717) is 18.9 Å². The van der Waals surface area contributed by atoms with Crippen LogP contribution in [0.4, 0.5) is 0 Å². The normalized spacial score (nSPS) is 21.7. The lowest BCUT2D eigenvalue weighted by Crippen LogP contribution is -2.44. The number of hydrogen-bond acceptors (Lipinski definition) is 4. The number of rotatable bonds is 9. The molecular weight excluding hydrogens is 380 g/mol. The lowest BCUT2D eigenvalue weighted by Gasteiger charge is -2.34. The number of guanidine groups is 1. The molecule has 0 saturated carbocycles. The SMILES string of the molecule is CCNC(=NCC1(OC)CCOCC1)NCC1CC(=O)N(CCc2ccccc2)C1. The number of aliphatic imine (C=N–C) groups is 1. The highest BCUT2D eigenvalue weighted by atomic mass is 16.5. The Morgan fingerprint density at radius 1 is 1.27 bits per heavy atom. The molecule has 166 valence electrons. The molecule has 7 heteroatoms. The zero-order chi connectivity index (χ0) is 21.2. The van der Waals surface area contributed by atoms with Crippen molar-refractivity contribution in [3.05, 3.63) is 35.9 Å². The van der Waals surface area contributed by atoms with E-state index in [9.17, 15) is 4.79 Å². The number of ether oxygens (including phenoxy) is 2. The second kappa shape index (κ2) is 11.3. The highest BCUT2D eigenvalue weighted by Gasteiger charge is 2.33. The molecule has 1 unspecified atom stereocenters. The molecule has 0 aliphatic carbocycles. The van der Waals surface area contributed by atoms with Gasteiger partial charge in [-0.25, -0.2) is 0 Å². The standard InChI is InChI=1S/C23H36N4O3/c1-3-24-22(26-18-23(29-2)10-13-30-14-11-23)25-16-20-15-21(28)27(17-20)12-9-19-7-5-4-6-8-19/h4-8,20H,3,9-18H2,1-2H3,(H2,24,25,26). The van der Waals surface area contributed by atoms with Crippen LogP contribution in [0.2, 0.25) is 0 Å². The molecule has 1 amide bonds. The molecule has 1 aromatic rings. The van der Waals surface area contributed by atoms with Gasteiger partial charge < -0.3 is 25.0 Å². The van der Waals surface area contributed by atoms with E-state index in [1.54, 1.807) is 7.11 Å². The van der Waals surface area contributed by atoms with E-state index in [1.165, 1.54) is 5.56 Å². The van der Waals surface area contributed by atoms with Crippen molar-refractivity contribution in [2.75, 3.05) is 53.0 Å². The summed E-state index contributed by atoms with van der Waals surface area (Å²) in [5.41, 5.74) is 1.03. The van der Waals surface area contributed by atoms with Gasteiger partial charge in [-0.05, 0) is 18.9 Å². The van der Waals surface area contributed by atoms with Crippen molar-refractivity contribution < 1.29 is 14.3 Å². The van der Waals surface area contributed by atoms with Crippen molar-refractivity contribution in [1.29, 1.82) is 0 Å². The third kappa shape index (κ3) is 6.44. The fourth-order valence-electron chi connectivity index (χ4n) is 4.09. The summed E-state index contributed by atoms with van der Waals surface area (Å²) in [5, 5.41) is 6.74. The predicted molar refractivity (Wildman–Crippen MR) is 119 cm³/mol. The Kier molecular flexibility index (Phi) is 8.51. The molecule has 7 nitrogen and oxygen atoms in total. The molecule has 0 spiro atoms. The van der Waals surface area contributed by atoms with Gasteiger partial charge in [-0.1, -0.05) is 30.3 Å². The van der Waals surface area contributed by atoms with Gasteiger partial charge in [0.25, 0.3) is 0 Å². The van der Waals surface area contributed by atoms with Crippen molar-refractivity contribution >= 4 is 11.9 Å². The number of carbonyl (C=O) groups is 1. The van der Waals surface area contributed by atoms with Gasteiger partial charge in [-0.15, -0.1) is 0 Å². The van der Waals surface area contributed by atoms with E-state index in [4.69, 9.17) is 14.5 Å². The van der Waals surface area contributed by atoms with E-state index < -0.39 is 0 Å². The molecule has 2 aliphatic heterocycles. The van der Waals surface area contributed by atoms with Crippen LogP contribution >= 0.6 is 0 Å². The van der Waals surface area contributed by atoms with Crippen LogP contribution in [0.3, 0.4) is 0 Å². The number of nitrogens with one attached hydrogen (secondary N) is 2. The van der Waals surface area contributed by atoms with Crippen molar-refractivity contribution in [3.8, 4) is 0 Å². The molecule has 1 atom stereocenters. The number of methoxy groups -OCH3 is 1. The lowest BCUT2D eigenvalue weighted by atomic mass is 9.94. The number of amides is 1. The summed E-state index contributed by atoms with van der Waals surface area (Å²) < 4.78 is 11.3. The van der Waals surface area contributed by atoms with Crippen LogP contribution in [0.1, 0.15) is 31.7 Å². The lowest BCUT2D eigenvalue weighted by molar-refractivity contribution is -0.127. The van der Waals surface area contributed by atoms with Gasteiger partial charge in [0.2, 0.25) is 5.91 Å². The molecule has 2 N–H and O–H groups in total. The van der Waals surface area contributed by atoms with E-state index in [-0.39, 0.29) is 11.5 Å². The molecule has 2 saturated heterocycles. The maximum atomic E-state index is 12.4. The minimum atomic E-state index is -0.238. The second-order valence-electron chi connectivity index (χ2n) is 8.22. The van der Waals surface area contributed by atoms with Gasteiger partial charge >= 0.3 is 0 Å². The summed E-state index contributed by atoms with van der Waals surface area (Å²) in [5.74, 6) is 1.34. The number of nitrogens with zero attached hydrogens (tertiary/aromatic N) is 2. The first kappa shape index (κ1) is 22.6. The van der Waals surface area contributed by atoms with Crippen LogP contribution in [0.15, 0.2) is 35.3 Å². The van der Waals surface area contributed by atoms with Crippen LogP contribution in [-0.4, -0.2) is 75.4 Å². The molecule has 2 heterocycles. The number of carbonyl (C=O) groups excluding carboxylic acids is 1. The number of hydrogen-bond donors (Lipinski definition) is 2. The molecule has 0 aromatic heterocycles. The predicted octanol–water partition coefficient (Wildman–Crippen LogP) is 1.83. The molecule has 1 aromatic carbocycles. The maximum absolute atomic E-state index is 12.4. The Bertz CT molecular complexity index is 689. The zero-order valence-corrected chi connectivity index (χ0v) is 18.4. The summed E-state index contributed by atoms with van der Waals surface area (Å²) in [6.07, 6.45) is 3.22. The monoisotopic (exact) mass is 416 g/mol. The molecule has 2 fully saturated rings. The van der Waals surface area contributed by atoms with Crippen molar-refractivity contribution in [1.82, 2.24) is 15.5 Å². The molecule has 0 bridgehead atoms. The number of benzene rings is 1. The molecule has 0 radical (unpaired) electrons. The third-order valence-corrected chi connectivity index (χ3v) is 6.07. The van der Waals surface area contributed by atoms with Crippen LogP contribution < -0.4 is 10.6 Å². The smallest absolute Gasteiger partial charge is 0.223 e. The van der Waals surface area contributed by atoms with Gasteiger partial charge in [0.1, 0.15) is 0 Å². The Hall–Kier alpha value is -2.12. The van der Waals surface area contributed by atoms with Crippen molar-refractivity contribution in [2.45, 2.75) is 38.2 Å². The minimum Gasteiger partial charge on any atom is -0.381 e. The van der Waals surface area contributed by atoms with Gasteiger partial charge in [-0.2, -0.15) is 0 Å². The molecular formula is C23H36N4O3.